The van der Waals surface area contributed by atoms with Crippen molar-refractivity contribution in [3.8, 4) is 5.75 Å². The van der Waals surface area contributed by atoms with Gasteiger partial charge in [0.25, 0.3) is 5.91 Å². The number of hydrogen-bond acceptors (Lipinski definition) is 3. The van der Waals surface area contributed by atoms with E-state index < -0.39 is 0 Å². The van der Waals surface area contributed by atoms with Gasteiger partial charge in [-0.25, -0.2) is 0 Å². The van der Waals surface area contributed by atoms with E-state index in [1.54, 1.807) is 23.9 Å². The van der Waals surface area contributed by atoms with Gasteiger partial charge in [-0.05, 0) is 43.0 Å². The molecule has 0 aliphatic rings. The Bertz CT molecular complexity index is 385. The molecule has 0 saturated carbocycles. The summed E-state index contributed by atoms with van der Waals surface area (Å²) in [5.41, 5.74) is 0.318. The van der Waals surface area contributed by atoms with Crippen molar-refractivity contribution in [2.75, 3.05) is 18.6 Å². The van der Waals surface area contributed by atoms with Crippen molar-refractivity contribution in [2.24, 2.45) is 0 Å². The van der Waals surface area contributed by atoms with Crippen molar-refractivity contribution in [1.29, 1.82) is 0 Å². The molecule has 0 radical (unpaired) electrons. The molecule has 1 aromatic carbocycles. The summed E-state index contributed by atoms with van der Waals surface area (Å²) < 4.78 is 0.756. The summed E-state index contributed by atoms with van der Waals surface area (Å²) in [6.07, 6.45) is 4.12. The second kappa shape index (κ2) is 7.61. The Labute approximate surface area is 114 Å². The molecule has 3 nitrogen and oxygen atoms in total. The fourth-order valence-electron chi connectivity index (χ4n) is 1.37. The Kier molecular flexibility index (Phi) is 6.44. The minimum absolute atomic E-state index is 0.000916. The second-order valence-corrected chi connectivity index (χ2v) is 5.52. The van der Waals surface area contributed by atoms with E-state index in [1.165, 1.54) is 6.07 Å². The fraction of sp³-hybridized carbons (Fsp3) is 0.417. The number of amides is 1. The third-order valence-electron chi connectivity index (χ3n) is 2.27. The van der Waals surface area contributed by atoms with Crippen molar-refractivity contribution in [2.45, 2.75) is 12.8 Å². The van der Waals surface area contributed by atoms with Crippen LogP contribution in [0.15, 0.2) is 22.7 Å². The fourth-order valence-corrected chi connectivity index (χ4v) is 2.21. The molecule has 0 aromatic heterocycles. The number of nitrogens with one attached hydrogen (secondary N) is 1. The average Bonchev–Trinajstić information content (AvgIpc) is 2.28. The molecular weight excluding hydrogens is 302 g/mol. The summed E-state index contributed by atoms with van der Waals surface area (Å²) in [6.45, 7) is 0.648. The standard InChI is InChI=1S/C12H16BrNO2S/c1-17-7-3-2-6-14-12(16)10-5-4-9(13)8-11(10)15/h4-5,8,15H,2-3,6-7H2,1H3,(H,14,16). The van der Waals surface area contributed by atoms with Crippen LogP contribution in [0.2, 0.25) is 0 Å². The second-order valence-electron chi connectivity index (χ2n) is 3.62. The highest BCUT2D eigenvalue weighted by Crippen LogP contribution is 2.21. The lowest BCUT2D eigenvalue weighted by Gasteiger charge is -2.06. The molecule has 17 heavy (non-hydrogen) atoms. The van der Waals surface area contributed by atoms with E-state index in [4.69, 9.17) is 0 Å². The number of carbonyl (C=O) groups is 1. The smallest absolute Gasteiger partial charge is 0.255 e. The number of rotatable bonds is 6. The lowest BCUT2D eigenvalue weighted by atomic mass is 10.2. The Morgan fingerprint density at radius 3 is 2.88 bits per heavy atom. The van der Waals surface area contributed by atoms with Crippen LogP contribution in [0.25, 0.3) is 0 Å². The zero-order valence-corrected chi connectivity index (χ0v) is 12.1. The summed E-state index contributed by atoms with van der Waals surface area (Å²) >= 11 is 5.04. The minimum Gasteiger partial charge on any atom is -0.507 e. The number of phenols is 1. The number of aromatic hydroxyl groups is 1. The van der Waals surface area contributed by atoms with Crippen LogP contribution in [0.1, 0.15) is 23.2 Å². The van der Waals surface area contributed by atoms with Gasteiger partial charge in [-0.15, -0.1) is 0 Å². The predicted octanol–water partition coefficient (Wildman–Crippen LogP) is 3.03. The lowest BCUT2D eigenvalue weighted by Crippen LogP contribution is -2.24. The first-order valence-corrected chi connectivity index (χ1v) is 7.59. The SMILES string of the molecule is CSCCCCNC(=O)c1ccc(Br)cc1O. The Morgan fingerprint density at radius 2 is 2.24 bits per heavy atom. The van der Waals surface area contributed by atoms with Gasteiger partial charge >= 0.3 is 0 Å². The van der Waals surface area contributed by atoms with Crippen molar-refractivity contribution < 1.29 is 9.90 Å². The van der Waals surface area contributed by atoms with Crippen LogP contribution in [0, 0.1) is 0 Å². The predicted molar refractivity (Wildman–Crippen MR) is 75.8 cm³/mol. The van der Waals surface area contributed by atoms with Gasteiger partial charge in [0.1, 0.15) is 5.75 Å². The third-order valence-corrected chi connectivity index (χ3v) is 3.46. The number of carbonyl (C=O) groups excluding carboxylic acids is 1. The molecular formula is C12H16BrNO2S. The Hall–Kier alpha value is -0.680. The molecule has 1 rings (SSSR count). The van der Waals surface area contributed by atoms with Crippen LogP contribution >= 0.6 is 27.7 Å². The Morgan fingerprint density at radius 1 is 1.47 bits per heavy atom. The van der Waals surface area contributed by atoms with Gasteiger partial charge in [-0.1, -0.05) is 15.9 Å². The molecule has 1 amide bonds. The summed E-state index contributed by atoms with van der Waals surface area (Å²) in [7, 11) is 0. The van der Waals surface area contributed by atoms with E-state index in [-0.39, 0.29) is 11.7 Å². The first kappa shape index (κ1) is 14.4. The molecule has 0 bridgehead atoms. The van der Waals surface area contributed by atoms with Crippen molar-refractivity contribution in [3.63, 3.8) is 0 Å². The van der Waals surface area contributed by atoms with Gasteiger partial charge in [0.2, 0.25) is 0 Å². The summed E-state index contributed by atoms with van der Waals surface area (Å²) in [5.74, 6) is 0.888. The normalized spacial score (nSPS) is 10.2. The monoisotopic (exact) mass is 317 g/mol. The number of halogens is 1. The summed E-state index contributed by atoms with van der Waals surface area (Å²) in [4.78, 5) is 11.7. The van der Waals surface area contributed by atoms with E-state index in [1.807, 2.05) is 0 Å². The van der Waals surface area contributed by atoms with Crippen LogP contribution in [0.3, 0.4) is 0 Å². The number of thioether (sulfide) groups is 1. The molecule has 0 heterocycles. The highest BCUT2D eigenvalue weighted by molar-refractivity contribution is 9.10. The van der Waals surface area contributed by atoms with Gasteiger partial charge < -0.3 is 10.4 Å². The molecule has 94 valence electrons. The zero-order valence-electron chi connectivity index (χ0n) is 9.70. The first-order chi connectivity index (χ1) is 8.15. The zero-order chi connectivity index (χ0) is 12.7. The van der Waals surface area contributed by atoms with Gasteiger partial charge in [0.15, 0.2) is 0 Å². The van der Waals surface area contributed by atoms with E-state index in [0.717, 1.165) is 23.1 Å². The van der Waals surface area contributed by atoms with E-state index in [9.17, 15) is 9.90 Å². The highest BCUT2D eigenvalue weighted by Gasteiger charge is 2.10. The third kappa shape index (κ3) is 5.00. The maximum atomic E-state index is 11.7. The van der Waals surface area contributed by atoms with Crippen LogP contribution in [0.4, 0.5) is 0 Å². The quantitative estimate of drug-likeness (QED) is 0.793. The van der Waals surface area contributed by atoms with Crippen LogP contribution in [-0.4, -0.2) is 29.6 Å². The van der Waals surface area contributed by atoms with E-state index >= 15 is 0 Å². The molecule has 0 unspecified atom stereocenters. The lowest BCUT2D eigenvalue weighted by molar-refractivity contribution is 0.0950. The molecule has 1 aromatic rings. The largest absolute Gasteiger partial charge is 0.507 e. The summed E-state index contributed by atoms with van der Waals surface area (Å²) in [6, 6.07) is 4.86. The topological polar surface area (TPSA) is 49.3 Å². The van der Waals surface area contributed by atoms with Gasteiger partial charge in [0.05, 0.1) is 5.56 Å². The van der Waals surface area contributed by atoms with Crippen LogP contribution in [0.5, 0.6) is 5.75 Å². The number of phenolic OH excluding ortho intramolecular Hbond substituents is 1. The van der Waals surface area contributed by atoms with Gasteiger partial charge in [0, 0.05) is 11.0 Å². The van der Waals surface area contributed by atoms with Gasteiger partial charge in [-0.3, -0.25) is 4.79 Å². The molecule has 5 heteroatoms. The molecule has 0 saturated heterocycles. The number of unbranched alkanes of at least 4 members (excludes halogenated alkanes) is 1. The maximum Gasteiger partial charge on any atom is 0.255 e. The first-order valence-electron chi connectivity index (χ1n) is 5.41. The van der Waals surface area contributed by atoms with Gasteiger partial charge in [-0.2, -0.15) is 11.8 Å². The minimum atomic E-state index is -0.223. The van der Waals surface area contributed by atoms with Crippen molar-refractivity contribution in [1.82, 2.24) is 5.32 Å². The number of hydrogen-bond donors (Lipinski definition) is 2. The molecule has 0 fully saturated rings. The van der Waals surface area contributed by atoms with E-state index in [2.05, 4.69) is 27.5 Å². The van der Waals surface area contributed by atoms with Crippen molar-refractivity contribution >= 4 is 33.6 Å². The molecule has 0 atom stereocenters. The summed E-state index contributed by atoms with van der Waals surface area (Å²) in [5, 5.41) is 12.4. The number of benzene rings is 1. The molecule has 2 N–H and O–H groups in total. The molecule has 0 spiro atoms. The molecule has 0 aliphatic heterocycles. The van der Waals surface area contributed by atoms with Crippen LogP contribution < -0.4 is 5.32 Å². The van der Waals surface area contributed by atoms with Crippen LogP contribution in [-0.2, 0) is 0 Å². The maximum absolute atomic E-state index is 11.7. The highest BCUT2D eigenvalue weighted by atomic mass is 79.9. The van der Waals surface area contributed by atoms with Crippen molar-refractivity contribution in [3.05, 3.63) is 28.2 Å². The average molecular weight is 318 g/mol. The molecule has 0 aliphatic carbocycles. The Balaban J connectivity index is 2.42. The van der Waals surface area contributed by atoms with E-state index in [0.29, 0.717) is 12.1 Å².